The van der Waals surface area contributed by atoms with Gasteiger partial charge in [-0.3, -0.25) is 19.2 Å². The van der Waals surface area contributed by atoms with Crippen LogP contribution in [0.4, 0.5) is 11.4 Å². The number of Topliss-reactive ketones (excluding diaryl/α,β-unsaturated/α-hetero) is 1. The molecule has 0 aliphatic carbocycles. The summed E-state index contributed by atoms with van der Waals surface area (Å²) in [5.74, 6) is -0.406. The van der Waals surface area contributed by atoms with Gasteiger partial charge in [0.2, 0.25) is 5.91 Å². The monoisotopic (exact) mass is 442 g/mol. The lowest BCUT2D eigenvalue weighted by Gasteiger charge is -2.15. The summed E-state index contributed by atoms with van der Waals surface area (Å²) in [6.45, 7) is 0. The van der Waals surface area contributed by atoms with Crippen LogP contribution in [-0.4, -0.2) is 30.6 Å². The Labute approximate surface area is 191 Å². The van der Waals surface area contributed by atoms with Gasteiger partial charge in [-0.05, 0) is 61.0 Å². The van der Waals surface area contributed by atoms with Crippen LogP contribution in [0, 0.1) is 0 Å². The van der Waals surface area contributed by atoms with E-state index < -0.39 is 11.8 Å². The minimum Gasteiger partial charge on any atom is -0.497 e. The number of nitrogens with one attached hydrogen (secondary N) is 1. The number of rotatable bonds is 8. The van der Waals surface area contributed by atoms with Crippen molar-refractivity contribution in [3.8, 4) is 5.75 Å². The Morgan fingerprint density at radius 2 is 1.52 bits per heavy atom. The number of ketones is 1. The van der Waals surface area contributed by atoms with E-state index >= 15 is 0 Å². The molecule has 0 aromatic heterocycles. The molecule has 0 radical (unpaired) electrons. The van der Waals surface area contributed by atoms with Crippen LogP contribution >= 0.6 is 0 Å². The number of anilines is 2. The molecule has 0 saturated carbocycles. The van der Waals surface area contributed by atoms with Gasteiger partial charge in [-0.1, -0.05) is 18.2 Å². The van der Waals surface area contributed by atoms with E-state index in [0.717, 1.165) is 4.90 Å². The highest BCUT2D eigenvalue weighted by Crippen LogP contribution is 2.29. The molecule has 0 atom stereocenters. The molecule has 4 rings (SSSR count). The van der Waals surface area contributed by atoms with Crippen molar-refractivity contribution in [1.29, 1.82) is 0 Å². The number of benzene rings is 3. The van der Waals surface area contributed by atoms with Gasteiger partial charge >= 0.3 is 0 Å². The SMILES string of the molecule is COc1ccc(C(=O)CCCC(=O)Nc2cccc(N3C(=O)c4ccccc4C3=O)c2)cc1. The van der Waals surface area contributed by atoms with Crippen molar-refractivity contribution in [3.63, 3.8) is 0 Å². The Morgan fingerprint density at radius 1 is 0.848 bits per heavy atom. The Kier molecular flexibility index (Phi) is 6.31. The average Bonchev–Trinajstić information content (AvgIpc) is 3.09. The van der Waals surface area contributed by atoms with Gasteiger partial charge < -0.3 is 10.1 Å². The zero-order chi connectivity index (χ0) is 23.4. The number of fused-ring (bicyclic) bond motifs is 1. The Bertz CT molecular complexity index is 1200. The van der Waals surface area contributed by atoms with Crippen molar-refractivity contribution in [2.24, 2.45) is 0 Å². The van der Waals surface area contributed by atoms with E-state index in [9.17, 15) is 19.2 Å². The lowest BCUT2D eigenvalue weighted by Crippen LogP contribution is -2.29. The summed E-state index contributed by atoms with van der Waals surface area (Å²) in [7, 11) is 1.56. The second kappa shape index (κ2) is 9.48. The Hall–Kier alpha value is -4.26. The lowest BCUT2D eigenvalue weighted by atomic mass is 10.1. The minimum atomic E-state index is -0.392. The summed E-state index contributed by atoms with van der Waals surface area (Å²) < 4.78 is 5.08. The first kappa shape index (κ1) is 22.0. The molecule has 7 heteroatoms. The fraction of sp³-hybridized carbons (Fsp3) is 0.154. The van der Waals surface area contributed by atoms with E-state index in [-0.39, 0.29) is 24.5 Å². The number of nitrogens with zero attached hydrogens (tertiary/aromatic N) is 1. The topological polar surface area (TPSA) is 92.8 Å². The predicted molar refractivity (Wildman–Crippen MR) is 124 cm³/mol. The van der Waals surface area contributed by atoms with Crippen LogP contribution in [-0.2, 0) is 4.79 Å². The highest BCUT2D eigenvalue weighted by molar-refractivity contribution is 6.34. The molecule has 3 aromatic rings. The average molecular weight is 442 g/mol. The third-order valence-corrected chi connectivity index (χ3v) is 5.40. The van der Waals surface area contributed by atoms with Crippen LogP contribution in [0.2, 0.25) is 0 Å². The number of carbonyl (C=O) groups excluding carboxylic acids is 4. The summed E-state index contributed by atoms with van der Waals surface area (Å²) in [6, 6.07) is 20.1. The smallest absolute Gasteiger partial charge is 0.266 e. The first-order valence-corrected chi connectivity index (χ1v) is 10.5. The highest BCUT2D eigenvalue weighted by atomic mass is 16.5. The summed E-state index contributed by atoms with van der Waals surface area (Å²) in [5, 5.41) is 2.77. The van der Waals surface area contributed by atoms with Gasteiger partial charge in [0.05, 0.1) is 23.9 Å². The third-order valence-electron chi connectivity index (χ3n) is 5.40. The molecule has 0 saturated heterocycles. The van der Waals surface area contributed by atoms with Crippen LogP contribution in [0.25, 0.3) is 0 Å². The summed E-state index contributed by atoms with van der Waals surface area (Å²) in [4.78, 5) is 51.1. The fourth-order valence-electron chi connectivity index (χ4n) is 3.70. The Balaban J connectivity index is 1.34. The molecular formula is C26H22N2O5. The van der Waals surface area contributed by atoms with Crippen LogP contribution in [0.15, 0.2) is 72.8 Å². The number of ether oxygens (including phenoxy) is 1. The van der Waals surface area contributed by atoms with Crippen LogP contribution in [0.3, 0.4) is 0 Å². The number of hydrogen-bond acceptors (Lipinski definition) is 5. The van der Waals surface area contributed by atoms with Crippen molar-refractivity contribution in [2.45, 2.75) is 19.3 Å². The van der Waals surface area contributed by atoms with Gasteiger partial charge in [-0.25, -0.2) is 4.90 Å². The molecule has 0 unspecified atom stereocenters. The van der Waals surface area contributed by atoms with Gasteiger partial charge in [0.15, 0.2) is 5.78 Å². The van der Waals surface area contributed by atoms with Crippen molar-refractivity contribution < 1.29 is 23.9 Å². The molecule has 7 nitrogen and oxygen atoms in total. The molecule has 1 heterocycles. The molecule has 0 bridgehead atoms. The largest absolute Gasteiger partial charge is 0.497 e. The van der Waals surface area contributed by atoms with Crippen molar-refractivity contribution in [2.75, 3.05) is 17.3 Å². The summed E-state index contributed by atoms with van der Waals surface area (Å²) >= 11 is 0. The van der Waals surface area contributed by atoms with Crippen molar-refractivity contribution in [1.82, 2.24) is 0 Å². The van der Waals surface area contributed by atoms with Crippen LogP contribution < -0.4 is 15.0 Å². The van der Waals surface area contributed by atoms with Crippen LogP contribution in [0.1, 0.15) is 50.3 Å². The van der Waals surface area contributed by atoms with Crippen molar-refractivity contribution >= 4 is 34.9 Å². The normalized spacial score (nSPS) is 12.5. The van der Waals surface area contributed by atoms with Crippen LogP contribution in [0.5, 0.6) is 5.75 Å². The molecular weight excluding hydrogens is 420 g/mol. The number of hydrogen-bond donors (Lipinski definition) is 1. The second-order valence-corrected chi connectivity index (χ2v) is 7.60. The molecule has 33 heavy (non-hydrogen) atoms. The Morgan fingerprint density at radius 3 is 2.15 bits per heavy atom. The van der Waals surface area contributed by atoms with Gasteiger partial charge in [0, 0.05) is 24.1 Å². The van der Waals surface area contributed by atoms with Gasteiger partial charge in [-0.2, -0.15) is 0 Å². The zero-order valence-corrected chi connectivity index (χ0v) is 18.0. The molecule has 0 spiro atoms. The van der Waals surface area contributed by atoms with E-state index in [1.165, 1.54) is 0 Å². The predicted octanol–water partition coefficient (Wildman–Crippen LogP) is 4.49. The summed E-state index contributed by atoms with van der Waals surface area (Å²) in [6.07, 6.45) is 0.808. The van der Waals surface area contributed by atoms with Gasteiger partial charge in [0.1, 0.15) is 5.75 Å². The van der Waals surface area contributed by atoms with Crippen molar-refractivity contribution in [3.05, 3.63) is 89.5 Å². The standard InChI is InChI=1S/C26H22N2O5/c1-33-20-14-12-17(13-15-20)23(29)10-5-11-24(30)27-18-6-4-7-19(16-18)28-25(31)21-8-2-3-9-22(21)26(28)32/h2-4,6-9,12-16H,5,10-11H2,1H3,(H,27,30). The maximum Gasteiger partial charge on any atom is 0.266 e. The lowest BCUT2D eigenvalue weighted by molar-refractivity contribution is -0.116. The van der Waals surface area contributed by atoms with E-state index in [1.54, 1.807) is 79.9 Å². The molecule has 1 aliphatic heterocycles. The maximum atomic E-state index is 12.7. The third kappa shape index (κ3) is 4.67. The van der Waals surface area contributed by atoms with E-state index in [4.69, 9.17) is 4.74 Å². The van der Waals surface area contributed by atoms with E-state index in [2.05, 4.69) is 5.32 Å². The molecule has 166 valence electrons. The minimum absolute atomic E-state index is 0.0434. The molecule has 0 fully saturated rings. The highest BCUT2D eigenvalue weighted by Gasteiger charge is 2.36. The molecule has 3 aromatic carbocycles. The molecule has 1 aliphatic rings. The van der Waals surface area contributed by atoms with Gasteiger partial charge in [-0.15, -0.1) is 0 Å². The second-order valence-electron chi connectivity index (χ2n) is 7.60. The molecule has 3 amide bonds. The van der Waals surface area contributed by atoms with E-state index in [1.807, 2.05) is 0 Å². The number of carbonyl (C=O) groups is 4. The summed E-state index contributed by atoms with van der Waals surface area (Å²) in [5.41, 5.74) is 2.14. The van der Waals surface area contributed by atoms with Gasteiger partial charge in [0.25, 0.3) is 11.8 Å². The number of amides is 3. The number of imide groups is 1. The first-order chi connectivity index (χ1) is 16.0. The maximum absolute atomic E-state index is 12.7. The number of methoxy groups -OCH3 is 1. The zero-order valence-electron chi connectivity index (χ0n) is 18.0. The fourth-order valence-corrected chi connectivity index (χ4v) is 3.70. The molecule has 1 N–H and O–H groups in total. The quantitative estimate of drug-likeness (QED) is 0.410. The van der Waals surface area contributed by atoms with E-state index in [0.29, 0.717) is 40.2 Å². The first-order valence-electron chi connectivity index (χ1n) is 10.5.